The number of nitrogens with one attached hydrogen (secondary N) is 3. The van der Waals surface area contributed by atoms with Gasteiger partial charge >= 0.3 is 7.12 Å². The molecule has 0 radical (unpaired) electrons. The largest absolute Gasteiger partial charge is 0.490 e. The van der Waals surface area contributed by atoms with Gasteiger partial charge in [-0.3, -0.25) is 29.5 Å². The lowest BCUT2D eigenvalue weighted by Crippen LogP contribution is -2.29. The van der Waals surface area contributed by atoms with Crippen LogP contribution in [0.2, 0.25) is 92.8 Å². The summed E-state index contributed by atoms with van der Waals surface area (Å²) in [5.41, 5.74) is 21.6. The second-order valence-electron chi connectivity index (χ2n) is 34.1. The van der Waals surface area contributed by atoms with Gasteiger partial charge in [0.2, 0.25) is 10.6 Å². The highest BCUT2D eigenvalue weighted by Crippen LogP contribution is 2.33. The van der Waals surface area contributed by atoms with Gasteiger partial charge in [-0.1, -0.05) is 124 Å². The topological polar surface area (TPSA) is 312 Å². The average Bonchev–Trinajstić information content (AvgIpc) is 1.60. The minimum Gasteiger partial charge on any atom is -0.423 e. The molecule has 126 heavy (non-hydrogen) atoms. The van der Waals surface area contributed by atoms with E-state index in [1.807, 2.05) is 200 Å². The SMILES string of the molecule is C[Si](C)(C)CCOCn1ccc2nc(Cl)nc(-c3cccnc3)c21.C[Si](C)(C)CCOCn1ccc2nc(Cl)nc(Cl)c21.Cc1cccc(C(=O)Nc2ccc(C)c(Cc3nc(-c4cccnc4)c4[nH]ccc4n3)c2)c1.Cc1cccc(C(=O)Nc2ccc(C)c(Cc3nc(-c4cccnc4)c4c(ccn4COCC[Si](C)(C)C)n3)c2)c1.OB(O)c1cccnc1. The zero-order valence-electron chi connectivity index (χ0n) is 73.1. The number of H-pyrrole nitrogens is 1. The van der Waals surface area contributed by atoms with E-state index in [0.29, 0.717) is 66.4 Å². The van der Waals surface area contributed by atoms with E-state index >= 15 is 0 Å². The Hall–Kier alpha value is -11.7. The van der Waals surface area contributed by atoms with Gasteiger partial charge in [-0.15, -0.1) is 0 Å². The molecular weight excluding hydrogens is 1690 g/mol. The fourth-order valence-corrected chi connectivity index (χ4v) is 16.2. The molecule has 0 bridgehead atoms. The van der Waals surface area contributed by atoms with E-state index < -0.39 is 31.3 Å². The highest BCUT2D eigenvalue weighted by atomic mass is 35.5. The quantitative estimate of drug-likeness (QED) is 0.0138. The summed E-state index contributed by atoms with van der Waals surface area (Å²) >= 11 is 17.9. The van der Waals surface area contributed by atoms with Gasteiger partial charge in [-0.05, 0) is 207 Å². The highest BCUT2D eigenvalue weighted by molar-refractivity contribution is 6.76. The van der Waals surface area contributed by atoms with Gasteiger partial charge in [0.05, 0.1) is 50.0 Å². The molecule has 0 aliphatic carbocycles. The number of hydrogen-bond donors (Lipinski definition) is 5. The molecule has 0 atom stereocenters. The molecule has 0 fully saturated rings. The second kappa shape index (κ2) is 43.5. The summed E-state index contributed by atoms with van der Waals surface area (Å²) in [6.07, 6.45) is 22.5. The van der Waals surface area contributed by atoms with E-state index in [1.54, 1.807) is 49.3 Å². The maximum atomic E-state index is 12.9. The Morgan fingerprint density at radius 3 is 1.25 bits per heavy atom. The third-order valence-corrected chi connectivity index (χ3v) is 25.9. The van der Waals surface area contributed by atoms with Crippen molar-refractivity contribution in [2.45, 2.75) is 138 Å². The maximum absolute atomic E-state index is 12.9. The molecule has 2 amide bonds. The number of rotatable bonds is 27. The van der Waals surface area contributed by atoms with Crippen LogP contribution in [0.4, 0.5) is 11.4 Å². The predicted octanol–water partition coefficient (Wildman–Crippen LogP) is 20.0. The van der Waals surface area contributed by atoms with Crippen LogP contribution in [0.5, 0.6) is 0 Å². The molecule has 4 aromatic carbocycles. The lowest BCUT2D eigenvalue weighted by atomic mass is 9.82. The van der Waals surface area contributed by atoms with E-state index in [2.05, 4.69) is 133 Å². The van der Waals surface area contributed by atoms with Crippen molar-refractivity contribution in [1.29, 1.82) is 0 Å². The lowest BCUT2D eigenvalue weighted by molar-refractivity contribution is 0.0901. The minimum atomic E-state index is -1.40. The summed E-state index contributed by atoms with van der Waals surface area (Å²) < 4.78 is 23.7. The number of halogens is 3. The second-order valence-corrected chi connectivity index (χ2v) is 52.0. The Kier molecular flexibility index (Phi) is 32.2. The van der Waals surface area contributed by atoms with Crippen LogP contribution in [0.15, 0.2) is 232 Å². The standard InChI is InChI=1S/C33H37N5O2Si.C27H23N5O.C17H21ClN4OSi.C12H17Cl2N3OSi.C5H6BNO2/c1-23-8-6-9-25(18-23)33(39)35-28-12-11-24(2)27(19-28)20-30-36-29-13-15-38(22-40-16-17-41(3,4)5)32(29)31(37-30)26-10-7-14-34-21-26;1-17-5-3-6-19(13-17)27(33)30-22-9-8-18(2)21(14-22)15-24-31-23-10-12-29-26(23)25(32-24)20-7-4-11-28-16-20;1-24(2,3)10-9-23-12-22-8-6-14-16(22)15(21-17(18)20-14)13-5-4-7-19-11-13;1-19(2,3)7-6-18-8-17-5-4-9-10(17)11(13)16-12(14)15-9;8-6(9)5-2-1-3-7-4-5/h6-15,18-19,21H,16-17,20,22H2,1-5H3,(H,35,39);3-14,16,29H,15H2,1-2H3,(H,30,33);4-8,11H,9-10,12H2,1-3H3;4-5H,6-8H2,1-3H3;1-4,8-9H. The minimum absolute atomic E-state index is 0.127. The first-order chi connectivity index (χ1) is 60.3. The zero-order valence-corrected chi connectivity index (χ0v) is 78.3. The van der Waals surface area contributed by atoms with Crippen molar-refractivity contribution in [1.82, 2.24) is 78.5 Å². The van der Waals surface area contributed by atoms with Crippen LogP contribution in [0.1, 0.15) is 65.7 Å². The van der Waals surface area contributed by atoms with Crippen LogP contribution in [0, 0.1) is 27.7 Å². The maximum Gasteiger partial charge on any atom is 0.490 e. The van der Waals surface area contributed by atoms with Gasteiger partial charge in [-0.25, -0.2) is 39.9 Å². The molecule has 12 aromatic heterocycles. The third kappa shape index (κ3) is 26.9. The first-order valence-corrected chi connectivity index (χ1v) is 53.7. The molecule has 16 rings (SSSR count). The molecule has 0 saturated heterocycles. The smallest absolute Gasteiger partial charge is 0.423 e. The summed E-state index contributed by atoms with van der Waals surface area (Å²) in [5.74, 6) is 1.16. The van der Waals surface area contributed by atoms with Gasteiger partial charge in [-0.2, -0.15) is 0 Å². The van der Waals surface area contributed by atoms with Crippen LogP contribution in [-0.4, -0.2) is 152 Å². The van der Waals surface area contributed by atoms with Crippen molar-refractivity contribution in [2.24, 2.45) is 0 Å². The molecule has 25 nitrogen and oxygen atoms in total. The number of nitrogens with zero attached hydrogens (tertiary/aromatic N) is 15. The number of aromatic nitrogens is 16. The number of ether oxygens (including phenoxy) is 3. The number of carbonyl (C=O) groups is 2. The van der Waals surface area contributed by atoms with Crippen molar-refractivity contribution >= 4 is 139 Å². The number of amides is 2. The molecule has 32 heteroatoms. The fraction of sp³-hybridized carbons (Fsp3) is 0.255. The van der Waals surface area contributed by atoms with Crippen molar-refractivity contribution in [3.05, 3.63) is 304 Å². The Morgan fingerprint density at radius 1 is 0.429 bits per heavy atom. The van der Waals surface area contributed by atoms with Crippen LogP contribution in [0.25, 0.3) is 77.9 Å². The Morgan fingerprint density at radius 2 is 0.833 bits per heavy atom. The molecule has 0 aliphatic heterocycles. The van der Waals surface area contributed by atoms with Crippen molar-refractivity contribution in [3.8, 4) is 33.8 Å². The first kappa shape index (κ1) is 93.4. The first-order valence-electron chi connectivity index (χ1n) is 41.4. The predicted molar refractivity (Wildman–Crippen MR) is 514 cm³/mol. The average molecular weight is 1800 g/mol. The normalized spacial score (nSPS) is 11.4. The molecule has 648 valence electrons. The van der Waals surface area contributed by atoms with E-state index in [0.717, 1.165) is 161 Å². The molecule has 16 aromatic rings. The van der Waals surface area contributed by atoms with Crippen molar-refractivity contribution < 1.29 is 33.8 Å². The molecule has 0 unspecified atom stereocenters. The van der Waals surface area contributed by atoms with Crippen molar-refractivity contribution in [3.63, 3.8) is 0 Å². The lowest BCUT2D eigenvalue weighted by Gasteiger charge is -2.16. The van der Waals surface area contributed by atoms with Crippen LogP contribution >= 0.6 is 34.8 Å². The number of fused-ring (bicyclic) bond motifs is 4. The number of carbonyl (C=O) groups excluding carboxylic acids is 2. The molecule has 12 heterocycles. The molecule has 5 N–H and O–H groups in total. The molecule has 0 aliphatic rings. The number of hydrogen-bond acceptors (Lipinski definition) is 19. The van der Waals surface area contributed by atoms with Crippen LogP contribution in [0.3, 0.4) is 0 Å². The molecule has 0 spiro atoms. The summed E-state index contributed by atoms with van der Waals surface area (Å²) in [4.78, 5) is 81.7. The van der Waals surface area contributed by atoms with E-state index in [4.69, 9.17) is 79.0 Å². The molecule has 0 saturated carbocycles. The Labute approximate surface area is 752 Å². The van der Waals surface area contributed by atoms with E-state index in [9.17, 15) is 9.59 Å². The Balaban J connectivity index is 0.000000152. The number of pyridine rings is 4. The van der Waals surface area contributed by atoms with Gasteiger partial charge < -0.3 is 53.6 Å². The fourth-order valence-electron chi connectivity index (χ4n) is 13.2. The van der Waals surface area contributed by atoms with Crippen LogP contribution in [-0.2, 0) is 47.2 Å². The number of benzene rings is 4. The summed E-state index contributed by atoms with van der Waals surface area (Å²) in [6.45, 7) is 32.8. The Bertz CT molecular complexity index is 6360. The van der Waals surface area contributed by atoms with Crippen molar-refractivity contribution in [2.75, 3.05) is 30.5 Å². The zero-order chi connectivity index (χ0) is 89.7. The van der Waals surface area contributed by atoms with E-state index in [-0.39, 0.29) is 22.4 Å². The number of anilines is 2. The number of aromatic amines is 1. The van der Waals surface area contributed by atoms with Gasteiger partial charge in [0.1, 0.15) is 43.1 Å². The highest BCUT2D eigenvalue weighted by Gasteiger charge is 2.22. The van der Waals surface area contributed by atoms with Gasteiger partial charge in [0.25, 0.3) is 11.8 Å². The monoisotopic (exact) mass is 1800 g/mol. The summed E-state index contributed by atoms with van der Waals surface area (Å²) in [6, 6.07) is 53.1. The van der Waals surface area contributed by atoms with Crippen LogP contribution < -0.4 is 16.1 Å². The summed E-state index contributed by atoms with van der Waals surface area (Å²) in [5, 5.41) is 23.9. The molecular formula is C94H104BCl3N18O7Si3. The number of aryl methyl sites for hydroxylation is 4. The van der Waals surface area contributed by atoms with E-state index in [1.165, 1.54) is 6.20 Å². The summed E-state index contributed by atoms with van der Waals surface area (Å²) in [7, 11) is -4.72. The van der Waals surface area contributed by atoms with Gasteiger partial charge in [0, 0.05) is 176 Å². The van der Waals surface area contributed by atoms with Gasteiger partial charge in [0.15, 0.2) is 5.15 Å². The third-order valence-electron chi connectivity index (χ3n) is 20.2.